The quantitative estimate of drug-likeness (QED) is 0.232. The maximum absolute atomic E-state index is 5.20. The third-order valence-electron chi connectivity index (χ3n) is 7.58. The first-order valence-corrected chi connectivity index (χ1v) is 13.6. The summed E-state index contributed by atoms with van der Waals surface area (Å²) in [6, 6.07) is 39.6. The summed E-state index contributed by atoms with van der Waals surface area (Å²) < 4.78 is 0. The van der Waals surface area contributed by atoms with Gasteiger partial charge in [-0.15, -0.1) is 0 Å². The van der Waals surface area contributed by atoms with Crippen LogP contribution in [0.1, 0.15) is 0 Å². The van der Waals surface area contributed by atoms with Crippen LogP contribution >= 0.6 is 0 Å². The minimum absolute atomic E-state index is 0.740. The second-order valence-corrected chi connectivity index (χ2v) is 10.0. The summed E-state index contributed by atoms with van der Waals surface area (Å²) >= 11 is 0. The van der Waals surface area contributed by atoms with Crippen LogP contribution in [-0.2, 0) is 0 Å². The highest BCUT2D eigenvalue weighted by Crippen LogP contribution is 2.38. The Hall–Kier alpha value is -5.68. The van der Waals surface area contributed by atoms with Crippen LogP contribution < -0.4 is 5.32 Å². The van der Waals surface area contributed by atoms with Crippen molar-refractivity contribution >= 4 is 55.1 Å². The molecule has 41 heavy (non-hydrogen) atoms. The van der Waals surface area contributed by atoms with Crippen LogP contribution in [0.3, 0.4) is 0 Å². The van der Waals surface area contributed by atoms with Crippen molar-refractivity contribution < 1.29 is 0 Å². The molecule has 8 rings (SSSR count). The molecular formula is C36H23N5. The van der Waals surface area contributed by atoms with Crippen molar-refractivity contribution in [2.75, 3.05) is 5.32 Å². The van der Waals surface area contributed by atoms with E-state index in [1.54, 1.807) is 0 Å². The lowest BCUT2D eigenvalue weighted by molar-refractivity contribution is 1.35. The first-order valence-electron chi connectivity index (χ1n) is 13.6. The highest BCUT2D eigenvalue weighted by molar-refractivity contribution is 6.13. The van der Waals surface area contributed by atoms with Gasteiger partial charge in [0.05, 0.1) is 22.1 Å². The van der Waals surface area contributed by atoms with Gasteiger partial charge in [-0.2, -0.15) is 0 Å². The number of benzene rings is 4. The van der Waals surface area contributed by atoms with Gasteiger partial charge in [0.25, 0.3) is 0 Å². The van der Waals surface area contributed by atoms with Crippen molar-refractivity contribution in [3.05, 3.63) is 134 Å². The van der Waals surface area contributed by atoms with E-state index in [2.05, 4.69) is 106 Å². The molecule has 4 heterocycles. The van der Waals surface area contributed by atoms with Crippen molar-refractivity contribution in [2.24, 2.45) is 0 Å². The molecule has 0 fully saturated rings. The van der Waals surface area contributed by atoms with Gasteiger partial charge in [-0.05, 0) is 58.7 Å². The number of aromatic nitrogens is 4. The third-order valence-corrected chi connectivity index (χ3v) is 7.58. The first-order chi connectivity index (χ1) is 20.3. The molecule has 5 heteroatoms. The third kappa shape index (κ3) is 3.95. The van der Waals surface area contributed by atoms with Crippen molar-refractivity contribution in [3.63, 3.8) is 0 Å². The average molecular weight is 526 g/mol. The summed E-state index contributed by atoms with van der Waals surface area (Å²) in [7, 11) is 0. The zero-order valence-corrected chi connectivity index (χ0v) is 22.0. The lowest BCUT2D eigenvalue weighted by Crippen LogP contribution is -1.99. The zero-order valence-electron chi connectivity index (χ0n) is 22.0. The molecule has 0 aliphatic rings. The molecule has 1 N–H and O–H groups in total. The fraction of sp³-hybridized carbons (Fsp3) is 0. The summed E-state index contributed by atoms with van der Waals surface area (Å²) in [5, 5.41) is 7.78. The number of fused-ring (bicyclic) bond motifs is 6. The van der Waals surface area contributed by atoms with E-state index in [-0.39, 0.29) is 0 Å². The van der Waals surface area contributed by atoms with Gasteiger partial charge in [0, 0.05) is 45.8 Å². The molecule has 0 aliphatic heterocycles. The average Bonchev–Trinajstić information content (AvgIpc) is 3.05. The minimum atomic E-state index is 0.740. The van der Waals surface area contributed by atoms with E-state index in [1.165, 1.54) is 0 Å². The van der Waals surface area contributed by atoms with E-state index in [9.17, 15) is 0 Å². The van der Waals surface area contributed by atoms with Gasteiger partial charge in [-0.25, -0.2) is 4.98 Å². The molecule has 0 amide bonds. The van der Waals surface area contributed by atoms with Crippen LogP contribution in [0.15, 0.2) is 134 Å². The summed E-state index contributed by atoms with van der Waals surface area (Å²) in [5.41, 5.74) is 8.90. The van der Waals surface area contributed by atoms with Crippen molar-refractivity contribution in [1.82, 2.24) is 19.9 Å². The largest absolute Gasteiger partial charge is 0.340 e. The minimum Gasteiger partial charge on any atom is -0.340 e. The Bertz CT molecular complexity index is 2230. The molecule has 4 aromatic heterocycles. The number of nitrogens with one attached hydrogen (secondary N) is 1. The van der Waals surface area contributed by atoms with Crippen molar-refractivity contribution in [1.29, 1.82) is 0 Å². The first kappa shape index (κ1) is 23.2. The second-order valence-electron chi connectivity index (χ2n) is 10.0. The highest BCUT2D eigenvalue weighted by atomic mass is 15.0. The lowest BCUT2D eigenvalue weighted by atomic mass is 9.96. The van der Waals surface area contributed by atoms with Gasteiger partial charge < -0.3 is 5.32 Å². The van der Waals surface area contributed by atoms with Crippen LogP contribution in [-0.4, -0.2) is 19.9 Å². The van der Waals surface area contributed by atoms with Gasteiger partial charge in [0.1, 0.15) is 5.82 Å². The topological polar surface area (TPSA) is 63.6 Å². The van der Waals surface area contributed by atoms with Gasteiger partial charge in [0.15, 0.2) is 0 Å². The number of pyridine rings is 4. The standard InChI is InChI=1S/C36H23N5/c1-3-9-23(10-4-1)26-17-20-39-34-27(26)15-16-28-30(24-11-5-2-6-12-24)22-32(41-36(28)34)40-31-21-25-13-7-18-37-33(25)35-29(31)14-8-19-38-35/h1-22H,(H,40,41). The molecule has 0 bridgehead atoms. The Labute approximate surface area is 236 Å². The molecule has 192 valence electrons. The second kappa shape index (κ2) is 9.50. The van der Waals surface area contributed by atoms with Crippen LogP contribution in [0, 0.1) is 0 Å². The smallest absolute Gasteiger partial charge is 0.131 e. The Morgan fingerprint density at radius 2 is 1.07 bits per heavy atom. The Kier molecular flexibility index (Phi) is 5.38. The normalized spacial score (nSPS) is 11.4. The van der Waals surface area contributed by atoms with E-state index in [1.807, 2.05) is 42.9 Å². The maximum atomic E-state index is 5.20. The maximum Gasteiger partial charge on any atom is 0.131 e. The number of anilines is 2. The van der Waals surface area contributed by atoms with Gasteiger partial charge in [-0.3, -0.25) is 15.0 Å². The Balaban J connectivity index is 1.39. The fourth-order valence-electron chi connectivity index (χ4n) is 5.71. The molecule has 0 unspecified atom stereocenters. The van der Waals surface area contributed by atoms with Gasteiger partial charge in [-0.1, -0.05) is 78.9 Å². The number of rotatable bonds is 4. The highest BCUT2D eigenvalue weighted by Gasteiger charge is 2.16. The lowest BCUT2D eigenvalue weighted by Gasteiger charge is -2.15. The zero-order chi connectivity index (χ0) is 27.2. The SMILES string of the molecule is c1ccc(-c2ccnc3c2ccc2c(-c4ccccc4)cc(Nc4cc5cccnc5c5ncccc45)nc23)cc1. The number of hydrogen-bond acceptors (Lipinski definition) is 5. The predicted molar refractivity (Wildman–Crippen MR) is 168 cm³/mol. The van der Waals surface area contributed by atoms with E-state index >= 15 is 0 Å². The number of nitrogens with zero attached hydrogens (tertiary/aromatic N) is 4. The summed E-state index contributed by atoms with van der Waals surface area (Å²) in [6.45, 7) is 0. The monoisotopic (exact) mass is 525 g/mol. The fourth-order valence-corrected chi connectivity index (χ4v) is 5.71. The molecule has 0 spiro atoms. The summed E-state index contributed by atoms with van der Waals surface area (Å²) in [5.74, 6) is 0.740. The predicted octanol–water partition coefficient (Wildman–Crippen LogP) is 8.96. The molecule has 8 aromatic rings. The van der Waals surface area contributed by atoms with Gasteiger partial charge in [0.2, 0.25) is 0 Å². The van der Waals surface area contributed by atoms with Crippen LogP contribution in [0.2, 0.25) is 0 Å². The van der Waals surface area contributed by atoms with Crippen molar-refractivity contribution in [2.45, 2.75) is 0 Å². The van der Waals surface area contributed by atoms with Crippen LogP contribution in [0.25, 0.3) is 65.9 Å². The van der Waals surface area contributed by atoms with Gasteiger partial charge >= 0.3 is 0 Å². The van der Waals surface area contributed by atoms with E-state index in [4.69, 9.17) is 9.97 Å². The molecule has 4 aromatic carbocycles. The summed E-state index contributed by atoms with van der Waals surface area (Å²) in [6.07, 6.45) is 5.50. The molecular weight excluding hydrogens is 502 g/mol. The Morgan fingerprint density at radius 1 is 0.439 bits per heavy atom. The molecule has 0 atom stereocenters. The molecule has 0 saturated heterocycles. The molecule has 5 nitrogen and oxygen atoms in total. The van der Waals surface area contributed by atoms with Crippen LogP contribution in [0.4, 0.5) is 11.5 Å². The van der Waals surface area contributed by atoms with Crippen molar-refractivity contribution in [3.8, 4) is 22.3 Å². The van der Waals surface area contributed by atoms with E-state index in [0.29, 0.717) is 0 Å². The molecule has 0 radical (unpaired) electrons. The van der Waals surface area contributed by atoms with Crippen LogP contribution in [0.5, 0.6) is 0 Å². The Morgan fingerprint density at radius 3 is 1.85 bits per heavy atom. The van der Waals surface area contributed by atoms with E-state index < -0.39 is 0 Å². The number of hydrogen-bond donors (Lipinski definition) is 1. The molecule has 0 saturated carbocycles. The van der Waals surface area contributed by atoms with E-state index in [0.717, 1.165) is 77.4 Å². The molecule has 0 aliphatic carbocycles. The summed E-state index contributed by atoms with van der Waals surface area (Å²) in [4.78, 5) is 19.3.